The summed E-state index contributed by atoms with van der Waals surface area (Å²) in [4.78, 5) is 12.3. The summed E-state index contributed by atoms with van der Waals surface area (Å²) in [7, 11) is 0. The molecule has 0 aliphatic heterocycles. The fraction of sp³-hybridized carbons (Fsp3) is 0.429. The molecule has 0 unspecified atom stereocenters. The van der Waals surface area contributed by atoms with Gasteiger partial charge in [-0.25, -0.2) is 0 Å². The summed E-state index contributed by atoms with van der Waals surface area (Å²) >= 11 is 0. The van der Waals surface area contributed by atoms with Crippen molar-refractivity contribution in [3.8, 4) is 12.1 Å². The van der Waals surface area contributed by atoms with Gasteiger partial charge in [-0.2, -0.15) is 10.5 Å². The predicted molar refractivity (Wildman–Crippen MR) is 78.4 cm³/mol. The highest BCUT2D eigenvalue weighted by molar-refractivity contribution is 5.62. The highest BCUT2D eigenvalue weighted by Crippen LogP contribution is 2.26. The average Bonchev–Trinajstić information content (AvgIpc) is 2.46. The van der Waals surface area contributed by atoms with Crippen molar-refractivity contribution in [2.24, 2.45) is 0 Å². The van der Waals surface area contributed by atoms with E-state index in [0.29, 0.717) is 24.3 Å². The summed E-state index contributed by atoms with van der Waals surface area (Å²) in [5, 5.41) is 31.5. The molecule has 0 saturated carbocycles. The van der Waals surface area contributed by atoms with E-state index in [1.807, 2.05) is 19.1 Å². The van der Waals surface area contributed by atoms with E-state index in [2.05, 4.69) is 5.32 Å². The zero-order valence-corrected chi connectivity index (χ0v) is 11.9. The van der Waals surface area contributed by atoms with Crippen molar-refractivity contribution >= 4 is 11.4 Å². The fourth-order valence-electron chi connectivity index (χ4n) is 1.86. The lowest BCUT2D eigenvalue weighted by Crippen LogP contribution is -2.24. The minimum atomic E-state index is -0.430. The molecule has 0 aliphatic rings. The highest BCUT2D eigenvalue weighted by atomic mass is 16.6. The molecular weight excluding hydrogens is 270 g/mol. The smallest absolute Gasteiger partial charge is 0.292 e. The largest absolute Gasteiger partial charge is 0.380 e. The summed E-state index contributed by atoms with van der Waals surface area (Å²) in [6.45, 7) is 3.19. The van der Waals surface area contributed by atoms with Crippen LogP contribution in [-0.4, -0.2) is 29.5 Å². The molecule has 1 aromatic carbocycles. The van der Waals surface area contributed by atoms with Crippen molar-refractivity contribution in [3.63, 3.8) is 0 Å². The number of hydrogen-bond acceptors (Lipinski definition) is 6. The minimum absolute atomic E-state index is 0.00909. The fourth-order valence-corrected chi connectivity index (χ4v) is 1.86. The molecule has 0 spiro atoms. The molecule has 0 aliphatic carbocycles. The molecule has 0 atom stereocenters. The van der Waals surface area contributed by atoms with E-state index in [0.717, 1.165) is 6.42 Å². The number of anilines is 1. The number of nitro groups is 1. The second-order valence-electron chi connectivity index (χ2n) is 4.50. The Labute approximate surface area is 123 Å². The molecule has 7 nitrogen and oxygen atoms in total. The van der Waals surface area contributed by atoms with Crippen molar-refractivity contribution in [2.75, 3.05) is 25.0 Å². The van der Waals surface area contributed by atoms with Crippen molar-refractivity contribution < 1.29 is 4.92 Å². The monoisotopic (exact) mass is 287 g/mol. The summed E-state index contributed by atoms with van der Waals surface area (Å²) in [6.07, 6.45) is 0.872. The molecule has 0 saturated heterocycles. The maximum atomic E-state index is 11.1. The van der Waals surface area contributed by atoms with Crippen LogP contribution >= 0.6 is 0 Å². The van der Waals surface area contributed by atoms with Gasteiger partial charge >= 0.3 is 0 Å². The third kappa shape index (κ3) is 5.09. The van der Waals surface area contributed by atoms with Crippen LogP contribution < -0.4 is 5.32 Å². The van der Waals surface area contributed by atoms with E-state index in [1.54, 1.807) is 17.0 Å². The first-order valence-corrected chi connectivity index (χ1v) is 6.59. The molecule has 0 fully saturated rings. The standard InChI is InChI=1S/C14H17N5O2/c1-2-7-17-13-4-3-12(10-14(13)19(20)21)11-18(8-5-15)9-6-16/h3-4,10,17H,2,7-9,11H2,1H3. The van der Waals surface area contributed by atoms with Crippen LogP contribution in [0.3, 0.4) is 0 Å². The minimum Gasteiger partial charge on any atom is -0.380 e. The zero-order chi connectivity index (χ0) is 15.7. The van der Waals surface area contributed by atoms with Crippen molar-refractivity contribution in [2.45, 2.75) is 19.9 Å². The van der Waals surface area contributed by atoms with Gasteiger partial charge in [0, 0.05) is 19.2 Å². The Kier molecular flexibility index (Phi) is 6.66. The Balaban J connectivity index is 2.94. The van der Waals surface area contributed by atoms with Gasteiger partial charge < -0.3 is 5.32 Å². The lowest BCUT2D eigenvalue weighted by molar-refractivity contribution is -0.384. The second-order valence-corrected chi connectivity index (χ2v) is 4.50. The molecule has 0 amide bonds. The third-order valence-electron chi connectivity index (χ3n) is 2.82. The first kappa shape index (κ1) is 16.4. The van der Waals surface area contributed by atoms with Gasteiger partial charge in [0.05, 0.1) is 30.2 Å². The van der Waals surface area contributed by atoms with Gasteiger partial charge in [-0.15, -0.1) is 0 Å². The Morgan fingerprint density at radius 2 is 2.00 bits per heavy atom. The van der Waals surface area contributed by atoms with E-state index in [9.17, 15) is 10.1 Å². The third-order valence-corrected chi connectivity index (χ3v) is 2.82. The molecular formula is C14H17N5O2. The second kappa shape index (κ2) is 8.51. The van der Waals surface area contributed by atoms with Crippen LogP contribution in [0.1, 0.15) is 18.9 Å². The molecule has 21 heavy (non-hydrogen) atoms. The molecule has 0 aromatic heterocycles. The lowest BCUT2D eigenvalue weighted by Gasteiger charge is -2.15. The van der Waals surface area contributed by atoms with Gasteiger partial charge in [-0.3, -0.25) is 15.0 Å². The van der Waals surface area contributed by atoms with E-state index in [-0.39, 0.29) is 18.8 Å². The Morgan fingerprint density at radius 1 is 1.33 bits per heavy atom. The van der Waals surface area contributed by atoms with Gasteiger partial charge in [-0.05, 0) is 18.1 Å². The molecule has 1 N–H and O–H groups in total. The molecule has 1 aromatic rings. The normalized spacial score (nSPS) is 9.90. The maximum Gasteiger partial charge on any atom is 0.292 e. The summed E-state index contributed by atoms with van der Waals surface area (Å²) in [5.74, 6) is 0. The topological polar surface area (TPSA) is 106 Å². The molecule has 110 valence electrons. The SMILES string of the molecule is CCCNc1ccc(CN(CC#N)CC#N)cc1[N+](=O)[O-]. The maximum absolute atomic E-state index is 11.1. The first-order chi connectivity index (χ1) is 10.1. The predicted octanol–water partition coefficient (Wildman–Crippen LogP) is 2.27. The van der Waals surface area contributed by atoms with E-state index in [1.165, 1.54) is 6.07 Å². The van der Waals surface area contributed by atoms with Crippen LogP contribution in [0.4, 0.5) is 11.4 Å². The summed E-state index contributed by atoms with van der Waals surface area (Å²) < 4.78 is 0. The van der Waals surface area contributed by atoms with Crippen LogP contribution in [0.25, 0.3) is 0 Å². The molecule has 1 rings (SSSR count). The molecule has 0 bridgehead atoms. The van der Waals surface area contributed by atoms with Crippen molar-refractivity contribution in [3.05, 3.63) is 33.9 Å². The quantitative estimate of drug-likeness (QED) is 0.446. The van der Waals surface area contributed by atoms with Gasteiger partial charge in [0.15, 0.2) is 0 Å². The van der Waals surface area contributed by atoms with Gasteiger partial charge in [0.25, 0.3) is 5.69 Å². The van der Waals surface area contributed by atoms with Crippen molar-refractivity contribution in [1.29, 1.82) is 10.5 Å². The number of nitriles is 2. The average molecular weight is 287 g/mol. The Bertz CT molecular complexity index is 558. The Hall–Kier alpha value is -2.64. The Morgan fingerprint density at radius 3 is 2.52 bits per heavy atom. The highest BCUT2D eigenvalue weighted by Gasteiger charge is 2.15. The van der Waals surface area contributed by atoms with Crippen LogP contribution in [0.5, 0.6) is 0 Å². The van der Waals surface area contributed by atoms with Gasteiger partial charge in [-0.1, -0.05) is 13.0 Å². The van der Waals surface area contributed by atoms with Gasteiger partial charge in [0.1, 0.15) is 5.69 Å². The lowest BCUT2D eigenvalue weighted by atomic mass is 10.1. The number of hydrogen-bond donors (Lipinski definition) is 1. The van der Waals surface area contributed by atoms with E-state index >= 15 is 0 Å². The molecule has 7 heteroatoms. The summed E-state index contributed by atoms with van der Waals surface area (Å²) in [5.41, 5.74) is 1.20. The van der Waals surface area contributed by atoms with Crippen molar-refractivity contribution in [1.82, 2.24) is 4.90 Å². The number of rotatable bonds is 8. The van der Waals surface area contributed by atoms with E-state index < -0.39 is 4.92 Å². The van der Waals surface area contributed by atoms with Crippen LogP contribution in [-0.2, 0) is 6.54 Å². The van der Waals surface area contributed by atoms with Gasteiger partial charge in [0.2, 0.25) is 0 Å². The summed E-state index contributed by atoms with van der Waals surface area (Å²) in [6, 6.07) is 8.88. The van der Waals surface area contributed by atoms with Crippen LogP contribution in [0.2, 0.25) is 0 Å². The molecule has 0 heterocycles. The molecule has 0 radical (unpaired) electrons. The number of benzene rings is 1. The van der Waals surface area contributed by atoms with Crippen LogP contribution in [0, 0.1) is 32.8 Å². The van der Waals surface area contributed by atoms with Crippen LogP contribution in [0.15, 0.2) is 18.2 Å². The number of nitrogens with zero attached hydrogens (tertiary/aromatic N) is 4. The first-order valence-electron chi connectivity index (χ1n) is 6.59. The zero-order valence-electron chi connectivity index (χ0n) is 11.9. The number of nitrogens with one attached hydrogen (secondary N) is 1. The number of nitro benzene ring substituents is 1. The van der Waals surface area contributed by atoms with E-state index in [4.69, 9.17) is 10.5 Å².